The Morgan fingerprint density at radius 2 is 2.53 bits per heavy atom. The Labute approximate surface area is 101 Å². The summed E-state index contributed by atoms with van der Waals surface area (Å²) in [4.78, 5) is 15.7. The number of imidazole rings is 1. The monoisotopic (exact) mass is 238 g/mol. The van der Waals surface area contributed by atoms with E-state index in [0.717, 1.165) is 13.0 Å². The fourth-order valence-electron chi connectivity index (χ4n) is 1.71. The van der Waals surface area contributed by atoms with Gasteiger partial charge < -0.3 is 14.0 Å². The van der Waals surface area contributed by atoms with Crippen molar-refractivity contribution >= 4 is 5.97 Å². The zero-order chi connectivity index (χ0) is 12.3. The van der Waals surface area contributed by atoms with Gasteiger partial charge in [-0.2, -0.15) is 0 Å². The Bertz CT molecular complexity index is 381. The second-order valence-corrected chi connectivity index (χ2v) is 4.63. The lowest BCUT2D eigenvalue weighted by Gasteiger charge is -2.07. The van der Waals surface area contributed by atoms with Crippen molar-refractivity contribution in [2.24, 2.45) is 5.92 Å². The third-order valence-corrected chi connectivity index (χ3v) is 2.88. The van der Waals surface area contributed by atoms with E-state index in [4.69, 9.17) is 9.47 Å². The van der Waals surface area contributed by atoms with E-state index in [9.17, 15) is 4.79 Å². The van der Waals surface area contributed by atoms with Crippen LogP contribution in [0.2, 0.25) is 0 Å². The van der Waals surface area contributed by atoms with E-state index in [1.54, 1.807) is 12.5 Å². The molecular weight excluding hydrogens is 220 g/mol. The molecule has 0 N–H and O–H groups in total. The maximum atomic E-state index is 11.7. The van der Waals surface area contributed by atoms with Crippen molar-refractivity contribution in [2.45, 2.75) is 26.3 Å². The summed E-state index contributed by atoms with van der Waals surface area (Å²) in [5.74, 6) is -0.0116. The van der Waals surface area contributed by atoms with Gasteiger partial charge in [-0.15, -0.1) is 0 Å². The molecule has 0 spiro atoms. The molecule has 1 fully saturated rings. The number of rotatable bonds is 4. The fraction of sp³-hybridized carbons (Fsp3) is 0.667. The summed E-state index contributed by atoms with van der Waals surface area (Å²) in [5, 5.41) is 0. The minimum Gasteiger partial charge on any atom is -0.461 e. The fourth-order valence-corrected chi connectivity index (χ4v) is 1.71. The van der Waals surface area contributed by atoms with Crippen LogP contribution in [-0.2, 0) is 9.47 Å². The van der Waals surface area contributed by atoms with Gasteiger partial charge in [-0.1, -0.05) is 0 Å². The van der Waals surface area contributed by atoms with Crippen LogP contribution in [0.3, 0.4) is 0 Å². The molecule has 0 aromatic carbocycles. The molecule has 94 valence electrons. The van der Waals surface area contributed by atoms with Gasteiger partial charge >= 0.3 is 5.97 Å². The van der Waals surface area contributed by atoms with Crippen molar-refractivity contribution in [1.29, 1.82) is 0 Å². The number of hydrogen-bond donors (Lipinski definition) is 0. The minimum atomic E-state index is -0.351. The van der Waals surface area contributed by atoms with Crippen molar-refractivity contribution in [2.75, 3.05) is 19.8 Å². The molecule has 1 aromatic heterocycles. The second-order valence-electron chi connectivity index (χ2n) is 4.63. The molecule has 1 atom stereocenters. The first-order chi connectivity index (χ1) is 8.16. The maximum Gasteiger partial charge on any atom is 0.358 e. The van der Waals surface area contributed by atoms with Crippen molar-refractivity contribution in [1.82, 2.24) is 9.55 Å². The number of hydrogen-bond acceptors (Lipinski definition) is 4. The van der Waals surface area contributed by atoms with Gasteiger partial charge in [0.1, 0.15) is 0 Å². The van der Waals surface area contributed by atoms with Crippen molar-refractivity contribution in [3.05, 3.63) is 18.2 Å². The Kier molecular flexibility index (Phi) is 3.78. The van der Waals surface area contributed by atoms with Crippen LogP contribution in [0.1, 0.15) is 36.8 Å². The lowest BCUT2D eigenvalue weighted by molar-refractivity contribution is 0.0422. The van der Waals surface area contributed by atoms with Gasteiger partial charge in [0, 0.05) is 24.8 Å². The van der Waals surface area contributed by atoms with Crippen LogP contribution in [0.25, 0.3) is 0 Å². The molecule has 17 heavy (non-hydrogen) atoms. The summed E-state index contributed by atoms with van der Waals surface area (Å²) in [6, 6.07) is 0.298. The number of ether oxygens (including phenoxy) is 2. The van der Waals surface area contributed by atoms with Crippen LogP contribution in [0.4, 0.5) is 0 Å². The summed E-state index contributed by atoms with van der Waals surface area (Å²) in [5.41, 5.74) is 0.373. The average Bonchev–Trinajstić information content (AvgIpc) is 2.96. The van der Waals surface area contributed by atoms with Gasteiger partial charge in [0.25, 0.3) is 0 Å². The van der Waals surface area contributed by atoms with E-state index < -0.39 is 0 Å². The highest BCUT2D eigenvalue weighted by Crippen LogP contribution is 2.13. The van der Waals surface area contributed by atoms with E-state index in [0.29, 0.717) is 30.9 Å². The van der Waals surface area contributed by atoms with Crippen molar-refractivity contribution in [3.63, 3.8) is 0 Å². The maximum absolute atomic E-state index is 11.7. The van der Waals surface area contributed by atoms with Gasteiger partial charge in [-0.25, -0.2) is 9.78 Å². The number of carbonyl (C=O) groups excluding carboxylic acids is 1. The molecule has 0 aliphatic carbocycles. The van der Waals surface area contributed by atoms with Crippen LogP contribution in [-0.4, -0.2) is 35.3 Å². The second kappa shape index (κ2) is 5.31. The third-order valence-electron chi connectivity index (χ3n) is 2.88. The highest BCUT2D eigenvalue weighted by atomic mass is 16.5. The van der Waals surface area contributed by atoms with E-state index in [1.165, 1.54) is 0 Å². The van der Waals surface area contributed by atoms with Crippen LogP contribution >= 0.6 is 0 Å². The zero-order valence-corrected chi connectivity index (χ0v) is 10.3. The smallest absolute Gasteiger partial charge is 0.358 e. The topological polar surface area (TPSA) is 53.4 Å². The molecule has 0 saturated carbocycles. The summed E-state index contributed by atoms with van der Waals surface area (Å²) in [7, 11) is 0. The highest BCUT2D eigenvalue weighted by Gasteiger charge is 2.19. The highest BCUT2D eigenvalue weighted by molar-refractivity contribution is 5.86. The Balaban J connectivity index is 1.85. The number of aromatic nitrogens is 2. The summed E-state index contributed by atoms with van der Waals surface area (Å²) >= 11 is 0. The van der Waals surface area contributed by atoms with E-state index in [-0.39, 0.29) is 5.97 Å². The van der Waals surface area contributed by atoms with E-state index >= 15 is 0 Å². The number of carbonyl (C=O) groups is 1. The summed E-state index contributed by atoms with van der Waals surface area (Å²) in [6.07, 6.45) is 4.34. The van der Waals surface area contributed by atoms with Crippen LogP contribution in [0, 0.1) is 5.92 Å². The van der Waals surface area contributed by atoms with Gasteiger partial charge in [-0.05, 0) is 20.3 Å². The molecule has 1 saturated heterocycles. The van der Waals surface area contributed by atoms with Gasteiger partial charge in [0.05, 0.1) is 19.5 Å². The quantitative estimate of drug-likeness (QED) is 0.748. The molecule has 5 heteroatoms. The average molecular weight is 238 g/mol. The molecule has 0 radical (unpaired) electrons. The predicted octanol–water partition coefficient (Wildman–Crippen LogP) is 1.66. The molecule has 2 rings (SSSR count). The molecule has 0 bridgehead atoms. The first-order valence-electron chi connectivity index (χ1n) is 5.95. The Hall–Kier alpha value is -1.36. The first kappa shape index (κ1) is 12.1. The van der Waals surface area contributed by atoms with Crippen LogP contribution in [0.5, 0.6) is 0 Å². The Morgan fingerprint density at radius 3 is 3.12 bits per heavy atom. The van der Waals surface area contributed by atoms with Crippen LogP contribution < -0.4 is 0 Å². The minimum absolute atomic E-state index is 0.298. The van der Waals surface area contributed by atoms with Gasteiger partial charge in [0.15, 0.2) is 5.69 Å². The largest absolute Gasteiger partial charge is 0.461 e. The van der Waals surface area contributed by atoms with Crippen LogP contribution in [0.15, 0.2) is 12.5 Å². The molecule has 1 aliphatic rings. The summed E-state index contributed by atoms with van der Waals surface area (Å²) in [6.45, 7) is 5.95. The molecule has 1 aromatic rings. The predicted molar refractivity (Wildman–Crippen MR) is 61.8 cm³/mol. The van der Waals surface area contributed by atoms with Crippen molar-refractivity contribution in [3.8, 4) is 0 Å². The molecule has 1 aliphatic heterocycles. The molecule has 0 amide bonds. The number of nitrogens with zero attached hydrogens (tertiary/aromatic N) is 2. The van der Waals surface area contributed by atoms with Gasteiger partial charge in [-0.3, -0.25) is 0 Å². The zero-order valence-electron chi connectivity index (χ0n) is 10.3. The normalized spacial score (nSPS) is 19.8. The SMILES string of the molecule is CC(C)n1cnc(C(=O)OCC2CCOC2)c1. The van der Waals surface area contributed by atoms with E-state index in [2.05, 4.69) is 4.98 Å². The molecule has 1 unspecified atom stereocenters. The molecular formula is C12H18N2O3. The lowest BCUT2D eigenvalue weighted by Crippen LogP contribution is -2.14. The van der Waals surface area contributed by atoms with Crippen molar-refractivity contribution < 1.29 is 14.3 Å². The third kappa shape index (κ3) is 3.06. The first-order valence-corrected chi connectivity index (χ1v) is 5.95. The Morgan fingerprint density at radius 1 is 1.71 bits per heavy atom. The summed E-state index contributed by atoms with van der Waals surface area (Å²) < 4.78 is 12.3. The molecule has 2 heterocycles. The van der Waals surface area contributed by atoms with Gasteiger partial charge in [0.2, 0.25) is 0 Å². The van der Waals surface area contributed by atoms with E-state index in [1.807, 2.05) is 18.4 Å². The standard InChI is InChI=1S/C12H18N2O3/c1-9(2)14-5-11(13-8-14)12(15)17-7-10-3-4-16-6-10/h5,8-10H,3-4,6-7H2,1-2H3. The lowest BCUT2D eigenvalue weighted by atomic mass is 10.1. The number of esters is 1. The molecule has 5 nitrogen and oxygen atoms in total.